The van der Waals surface area contributed by atoms with Crippen LogP contribution in [0, 0.1) is 6.92 Å². The van der Waals surface area contributed by atoms with E-state index >= 15 is 0 Å². The molecule has 208 valence electrons. The topological polar surface area (TPSA) is 39.3 Å². The number of carbonyl (C=O) groups is 1. The lowest BCUT2D eigenvalue weighted by Crippen LogP contribution is -2.52. The van der Waals surface area contributed by atoms with Crippen LogP contribution in [-0.2, 0) is 11.3 Å². The third kappa shape index (κ3) is 6.27. The van der Waals surface area contributed by atoms with Crippen LogP contribution in [0.25, 0.3) is 0 Å². The third-order valence-corrected chi connectivity index (χ3v) is 8.06. The van der Waals surface area contributed by atoms with Gasteiger partial charge in [-0.05, 0) is 63.4 Å². The molecule has 6 nitrogen and oxygen atoms in total. The first-order chi connectivity index (χ1) is 17.3. The Morgan fingerprint density at radius 3 is 2.11 bits per heavy atom. The van der Waals surface area contributed by atoms with Gasteiger partial charge in [0.15, 0.2) is 0 Å². The molecule has 1 amide bonds. The highest BCUT2D eigenvalue weighted by Crippen LogP contribution is 2.39. The Morgan fingerprint density at radius 2 is 1.57 bits per heavy atom. The Hall–Kier alpha value is -2.21. The van der Waals surface area contributed by atoms with E-state index in [0.717, 1.165) is 54.2 Å². The van der Waals surface area contributed by atoms with Gasteiger partial charge in [-0.3, -0.25) is 4.90 Å². The summed E-state index contributed by atoms with van der Waals surface area (Å²) in [5, 5.41) is 0. The van der Waals surface area contributed by atoms with E-state index in [-0.39, 0.29) is 13.1 Å². The van der Waals surface area contributed by atoms with Gasteiger partial charge in [0.25, 0.3) is 6.10 Å². The molecule has 0 atom stereocenters. The fourth-order valence-electron chi connectivity index (χ4n) is 5.79. The van der Waals surface area contributed by atoms with Crippen LogP contribution < -0.4 is 4.90 Å². The van der Waals surface area contributed by atoms with E-state index in [1.165, 1.54) is 12.8 Å². The maximum atomic E-state index is 12.7. The largest absolute Gasteiger partial charge is 0.434 e. The summed E-state index contributed by atoms with van der Waals surface area (Å²) in [7, 11) is 2.21. The molecule has 3 aliphatic heterocycles. The van der Waals surface area contributed by atoms with Crippen molar-refractivity contribution in [2.75, 3.05) is 57.8 Å². The predicted molar refractivity (Wildman–Crippen MR) is 126 cm³/mol. The third-order valence-electron chi connectivity index (χ3n) is 8.06. The second-order valence-corrected chi connectivity index (χ2v) is 10.5. The zero-order chi connectivity index (χ0) is 27.0. The fourth-order valence-corrected chi connectivity index (χ4v) is 5.79. The van der Waals surface area contributed by atoms with Gasteiger partial charge < -0.3 is 19.4 Å². The standard InChI is InChI=1S/C25H34F6N4O2/c1-18-4-5-19(20(16-18)34-10-7-23(8-11-34)6-3-9-32(23)2)17-33-12-14-35(15-13-33)22(36)37-21(24(26,27)28)25(29,30)31/h4-5,16,21H,3,6-15,17H2,1-2H3. The lowest BCUT2D eigenvalue weighted by atomic mass is 9.85. The molecule has 4 rings (SSSR count). The number of ether oxygens (including phenoxy) is 1. The molecule has 0 unspecified atom stereocenters. The molecule has 0 bridgehead atoms. The molecule has 1 aromatic carbocycles. The van der Waals surface area contributed by atoms with Gasteiger partial charge in [0.05, 0.1) is 0 Å². The fraction of sp³-hybridized carbons (Fsp3) is 0.720. The normalized spacial score (nSPS) is 21.8. The second kappa shape index (κ2) is 10.5. The van der Waals surface area contributed by atoms with E-state index in [1.807, 2.05) is 13.0 Å². The quantitative estimate of drug-likeness (QED) is 0.517. The number of rotatable bonds is 4. The van der Waals surface area contributed by atoms with Crippen molar-refractivity contribution in [3.63, 3.8) is 0 Å². The summed E-state index contributed by atoms with van der Waals surface area (Å²) >= 11 is 0. The molecule has 0 saturated carbocycles. The number of benzene rings is 1. The smallest absolute Gasteiger partial charge is 0.426 e. The number of carbonyl (C=O) groups excluding carboxylic acids is 1. The molecule has 1 aromatic rings. The van der Waals surface area contributed by atoms with Crippen LogP contribution >= 0.6 is 0 Å². The van der Waals surface area contributed by atoms with Crippen LogP contribution in [0.3, 0.4) is 0 Å². The van der Waals surface area contributed by atoms with Crippen molar-refractivity contribution in [1.29, 1.82) is 0 Å². The molecule has 3 fully saturated rings. The Balaban J connectivity index is 1.35. The molecule has 0 aliphatic carbocycles. The Labute approximate surface area is 213 Å². The van der Waals surface area contributed by atoms with E-state index in [9.17, 15) is 31.1 Å². The summed E-state index contributed by atoms with van der Waals surface area (Å²) in [4.78, 5) is 19.9. The van der Waals surface area contributed by atoms with Crippen molar-refractivity contribution in [1.82, 2.24) is 14.7 Å². The van der Waals surface area contributed by atoms with Gasteiger partial charge in [-0.1, -0.05) is 12.1 Å². The number of alkyl halides is 6. The maximum Gasteiger partial charge on any atom is 0.434 e. The number of halogens is 6. The van der Waals surface area contributed by atoms with E-state index in [0.29, 0.717) is 25.2 Å². The van der Waals surface area contributed by atoms with Gasteiger partial charge in [-0.2, -0.15) is 26.3 Å². The molecule has 0 N–H and O–H groups in total. The van der Waals surface area contributed by atoms with Crippen molar-refractivity contribution in [2.24, 2.45) is 0 Å². The minimum absolute atomic E-state index is 0.0129. The van der Waals surface area contributed by atoms with E-state index in [2.05, 4.69) is 38.6 Å². The molecule has 0 radical (unpaired) electrons. The molecule has 37 heavy (non-hydrogen) atoms. The van der Waals surface area contributed by atoms with Crippen molar-refractivity contribution < 1.29 is 35.9 Å². The number of piperidine rings is 1. The van der Waals surface area contributed by atoms with Crippen LogP contribution in [0.5, 0.6) is 0 Å². The number of piperazine rings is 1. The average molecular weight is 537 g/mol. The Kier molecular flexibility index (Phi) is 7.90. The van der Waals surface area contributed by atoms with E-state index in [1.54, 1.807) is 0 Å². The molecule has 12 heteroatoms. The molecular formula is C25H34F6N4O2. The summed E-state index contributed by atoms with van der Waals surface area (Å²) < 4.78 is 80.3. The summed E-state index contributed by atoms with van der Waals surface area (Å²) in [6.07, 6.45) is -12.5. The second-order valence-electron chi connectivity index (χ2n) is 10.5. The Bertz CT molecular complexity index is 939. The minimum atomic E-state index is -5.72. The molecular weight excluding hydrogens is 502 g/mol. The number of nitrogens with zero attached hydrogens (tertiary/aromatic N) is 4. The van der Waals surface area contributed by atoms with Crippen LogP contribution in [0.2, 0.25) is 0 Å². The number of hydrogen-bond acceptors (Lipinski definition) is 5. The number of likely N-dealkylation sites (tertiary alicyclic amines) is 1. The van der Waals surface area contributed by atoms with E-state index < -0.39 is 24.5 Å². The van der Waals surface area contributed by atoms with Gasteiger partial charge in [-0.15, -0.1) is 0 Å². The number of hydrogen-bond donors (Lipinski definition) is 0. The minimum Gasteiger partial charge on any atom is -0.426 e. The van der Waals surface area contributed by atoms with Crippen molar-refractivity contribution >= 4 is 11.8 Å². The summed E-state index contributed by atoms with van der Waals surface area (Å²) in [5.41, 5.74) is 3.72. The maximum absolute atomic E-state index is 12.7. The predicted octanol–water partition coefficient (Wildman–Crippen LogP) is 4.81. The highest BCUT2D eigenvalue weighted by Gasteiger charge is 2.60. The first-order valence-corrected chi connectivity index (χ1v) is 12.7. The number of amides is 1. The average Bonchev–Trinajstić information content (AvgIpc) is 3.17. The van der Waals surface area contributed by atoms with Gasteiger partial charge in [0, 0.05) is 57.0 Å². The van der Waals surface area contributed by atoms with Gasteiger partial charge >= 0.3 is 18.4 Å². The first kappa shape index (κ1) is 27.8. The lowest BCUT2D eigenvalue weighted by Gasteiger charge is -2.45. The van der Waals surface area contributed by atoms with Crippen LogP contribution in [-0.4, -0.2) is 97.6 Å². The monoisotopic (exact) mass is 536 g/mol. The van der Waals surface area contributed by atoms with Gasteiger partial charge in [0.2, 0.25) is 0 Å². The zero-order valence-corrected chi connectivity index (χ0v) is 21.2. The molecule has 0 aromatic heterocycles. The molecule has 1 spiro atoms. The van der Waals surface area contributed by atoms with Crippen LogP contribution in [0.15, 0.2) is 18.2 Å². The van der Waals surface area contributed by atoms with Crippen molar-refractivity contribution in [2.45, 2.75) is 63.1 Å². The summed E-state index contributed by atoms with van der Waals surface area (Å²) in [6.45, 7) is 6.29. The summed E-state index contributed by atoms with van der Waals surface area (Å²) in [5.74, 6) is 0. The van der Waals surface area contributed by atoms with Crippen LogP contribution in [0.1, 0.15) is 36.8 Å². The van der Waals surface area contributed by atoms with Crippen LogP contribution in [0.4, 0.5) is 36.8 Å². The number of anilines is 1. The number of aryl methyl sites for hydroxylation is 1. The van der Waals surface area contributed by atoms with E-state index in [4.69, 9.17) is 0 Å². The molecule has 3 saturated heterocycles. The Morgan fingerprint density at radius 1 is 0.946 bits per heavy atom. The van der Waals surface area contributed by atoms with Crippen molar-refractivity contribution in [3.8, 4) is 0 Å². The SMILES string of the molecule is Cc1ccc(CN2CCN(C(=O)OC(C(F)(F)F)C(F)(F)F)CC2)c(N2CCC3(CCCN3C)CC2)c1. The molecule has 3 aliphatic rings. The first-order valence-electron chi connectivity index (χ1n) is 12.7. The van der Waals surface area contributed by atoms with Crippen molar-refractivity contribution in [3.05, 3.63) is 29.3 Å². The highest BCUT2D eigenvalue weighted by molar-refractivity contribution is 5.68. The zero-order valence-electron chi connectivity index (χ0n) is 21.2. The van der Waals surface area contributed by atoms with Gasteiger partial charge in [-0.25, -0.2) is 4.79 Å². The summed E-state index contributed by atoms with van der Waals surface area (Å²) in [6, 6.07) is 6.29. The molecule has 3 heterocycles. The van der Waals surface area contributed by atoms with Gasteiger partial charge in [0.1, 0.15) is 0 Å². The highest BCUT2D eigenvalue weighted by atomic mass is 19.4. The lowest BCUT2D eigenvalue weighted by molar-refractivity contribution is -0.308.